The topological polar surface area (TPSA) is 78.4 Å². The third-order valence-corrected chi connectivity index (χ3v) is 3.57. The van der Waals surface area contributed by atoms with Gasteiger partial charge in [-0.05, 0) is 42.5 Å². The zero-order chi connectivity index (χ0) is 17.0. The predicted octanol–water partition coefficient (Wildman–Crippen LogP) is 3.82. The summed E-state index contributed by atoms with van der Waals surface area (Å²) in [7, 11) is 0. The Labute approximate surface area is 147 Å². The number of nitrogens with one attached hydrogen (secondary N) is 2. The summed E-state index contributed by atoms with van der Waals surface area (Å²) in [5.41, 5.74) is 0.408. The van der Waals surface area contributed by atoms with Crippen molar-refractivity contribution in [1.29, 1.82) is 0 Å². The van der Waals surface area contributed by atoms with Gasteiger partial charge >= 0.3 is 5.97 Å². The third kappa shape index (κ3) is 4.41. The van der Waals surface area contributed by atoms with Crippen LogP contribution in [0.1, 0.15) is 20.7 Å². The fourth-order valence-electron chi connectivity index (χ4n) is 1.77. The second-order valence-electron chi connectivity index (χ2n) is 4.38. The number of benzene rings is 2. The molecule has 0 fully saturated rings. The standard InChI is InChI=1S/C15H10Cl2N2O3S/c16-8-5-6-12(10(7-8)14(21)22)18-15(23)19-13(20)9-3-1-2-4-11(9)17/h1-7H,(H,21,22)(H2,18,19,20,23). The zero-order valence-electron chi connectivity index (χ0n) is 11.5. The van der Waals surface area contributed by atoms with Crippen molar-refractivity contribution in [2.24, 2.45) is 0 Å². The molecule has 0 saturated heterocycles. The number of anilines is 1. The second kappa shape index (κ2) is 7.41. The molecule has 1 amide bonds. The van der Waals surface area contributed by atoms with Crippen molar-refractivity contribution < 1.29 is 14.7 Å². The average Bonchev–Trinajstić information content (AvgIpc) is 2.49. The molecule has 3 N–H and O–H groups in total. The van der Waals surface area contributed by atoms with Gasteiger partial charge in [0.05, 0.1) is 21.8 Å². The van der Waals surface area contributed by atoms with Crippen LogP contribution >= 0.6 is 35.4 Å². The molecule has 0 aliphatic rings. The summed E-state index contributed by atoms with van der Waals surface area (Å²) >= 11 is 16.7. The van der Waals surface area contributed by atoms with Gasteiger partial charge in [0.1, 0.15) is 0 Å². The maximum absolute atomic E-state index is 12.1. The van der Waals surface area contributed by atoms with E-state index in [0.29, 0.717) is 0 Å². The summed E-state index contributed by atoms with van der Waals surface area (Å²) in [5, 5.41) is 14.7. The molecule has 0 aliphatic heterocycles. The number of carboxylic acid groups (broad SMARTS) is 1. The highest BCUT2D eigenvalue weighted by molar-refractivity contribution is 7.80. The molecule has 0 atom stereocenters. The number of hydrogen-bond donors (Lipinski definition) is 3. The third-order valence-electron chi connectivity index (χ3n) is 2.81. The lowest BCUT2D eigenvalue weighted by molar-refractivity contribution is 0.0698. The molecule has 0 spiro atoms. The van der Waals surface area contributed by atoms with Gasteiger partial charge in [0.2, 0.25) is 0 Å². The van der Waals surface area contributed by atoms with Crippen LogP contribution in [0.25, 0.3) is 0 Å². The normalized spacial score (nSPS) is 10.0. The summed E-state index contributed by atoms with van der Waals surface area (Å²) in [6, 6.07) is 10.7. The first-order valence-corrected chi connectivity index (χ1v) is 7.44. The van der Waals surface area contributed by atoms with Gasteiger partial charge in [0, 0.05) is 5.02 Å². The van der Waals surface area contributed by atoms with Crippen LogP contribution in [0.4, 0.5) is 5.69 Å². The van der Waals surface area contributed by atoms with Crippen molar-refractivity contribution in [2.75, 3.05) is 5.32 Å². The summed E-state index contributed by atoms with van der Waals surface area (Å²) < 4.78 is 0. The SMILES string of the molecule is O=C(NC(=S)Nc1ccc(Cl)cc1C(=O)O)c1ccccc1Cl. The van der Waals surface area contributed by atoms with Crippen molar-refractivity contribution >= 4 is 58.1 Å². The zero-order valence-corrected chi connectivity index (χ0v) is 13.8. The number of hydrogen-bond acceptors (Lipinski definition) is 3. The number of rotatable bonds is 3. The van der Waals surface area contributed by atoms with E-state index in [4.69, 9.17) is 40.5 Å². The van der Waals surface area contributed by atoms with Gasteiger partial charge in [-0.3, -0.25) is 10.1 Å². The molecule has 0 bridgehead atoms. The Morgan fingerprint density at radius 1 is 1.04 bits per heavy atom. The lowest BCUT2D eigenvalue weighted by Gasteiger charge is -2.12. The number of thiocarbonyl (C=S) groups is 1. The lowest BCUT2D eigenvalue weighted by atomic mass is 10.2. The molecule has 0 saturated carbocycles. The fraction of sp³-hybridized carbons (Fsp3) is 0. The van der Waals surface area contributed by atoms with Gasteiger partial charge in [0.25, 0.3) is 5.91 Å². The van der Waals surface area contributed by atoms with Gasteiger partial charge in [-0.25, -0.2) is 4.79 Å². The van der Waals surface area contributed by atoms with E-state index in [-0.39, 0.29) is 32.0 Å². The van der Waals surface area contributed by atoms with Gasteiger partial charge in [-0.2, -0.15) is 0 Å². The number of halogens is 2. The molecule has 2 aromatic rings. The van der Waals surface area contributed by atoms with Crippen LogP contribution in [0.2, 0.25) is 10.0 Å². The van der Waals surface area contributed by atoms with E-state index < -0.39 is 11.9 Å². The average molecular weight is 369 g/mol. The molecule has 2 aromatic carbocycles. The molecule has 0 unspecified atom stereocenters. The summed E-state index contributed by atoms with van der Waals surface area (Å²) in [5.74, 6) is -1.67. The Morgan fingerprint density at radius 2 is 1.74 bits per heavy atom. The minimum Gasteiger partial charge on any atom is -0.478 e. The number of carbonyl (C=O) groups is 2. The van der Waals surface area contributed by atoms with Crippen LogP contribution in [-0.2, 0) is 0 Å². The first-order chi connectivity index (χ1) is 10.9. The molecule has 0 radical (unpaired) electrons. The minimum absolute atomic E-state index is 0.0558. The molecule has 118 valence electrons. The molecule has 0 aliphatic carbocycles. The highest BCUT2D eigenvalue weighted by Crippen LogP contribution is 2.21. The van der Waals surface area contributed by atoms with E-state index in [1.54, 1.807) is 24.3 Å². The van der Waals surface area contributed by atoms with Crippen LogP contribution in [0.3, 0.4) is 0 Å². The molecular weight excluding hydrogens is 359 g/mol. The largest absolute Gasteiger partial charge is 0.478 e. The Morgan fingerprint density at radius 3 is 2.39 bits per heavy atom. The first-order valence-electron chi connectivity index (χ1n) is 6.28. The van der Waals surface area contributed by atoms with Gasteiger partial charge in [-0.15, -0.1) is 0 Å². The molecule has 2 rings (SSSR count). The van der Waals surface area contributed by atoms with Crippen LogP contribution < -0.4 is 10.6 Å². The highest BCUT2D eigenvalue weighted by Gasteiger charge is 2.14. The van der Waals surface area contributed by atoms with Crippen molar-refractivity contribution in [3.8, 4) is 0 Å². The molecule has 0 aromatic heterocycles. The van der Waals surface area contributed by atoms with Crippen molar-refractivity contribution in [3.63, 3.8) is 0 Å². The van der Waals surface area contributed by atoms with Crippen LogP contribution in [0.5, 0.6) is 0 Å². The van der Waals surface area contributed by atoms with Crippen molar-refractivity contribution in [1.82, 2.24) is 5.32 Å². The fourth-order valence-corrected chi connectivity index (χ4v) is 2.37. The van der Waals surface area contributed by atoms with E-state index >= 15 is 0 Å². The Balaban J connectivity index is 2.13. The predicted molar refractivity (Wildman–Crippen MR) is 93.6 cm³/mol. The summed E-state index contributed by atoms with van der Waals surface area (Å²) in [6.07, 6.45) is 0. The Kier molecular flexibility index (Phi) is 5.54. The summed E-state index contributed by atoms with van der Waals surface area (Å²) in [4.78, 5) is 23.3. The summed E-state index contributed by atoms with van der Waals surface area (Å²) in [6.45, 7) is 0. The Bertz CT molecular complexity index is 796. The first kappa shape index (κ1) is 17.2. The van der Waals surface area contributed by atoms with Crippen LogP contribution in [0.15, 0.2) is 42.5 Å². The smallest absolute Gasteiger partial charge is 0.337 e. The van der Waals surface area contributed by atoms with Crippen LogP contribution in [0, 0.1) is 0 Å². The van der Waals surface area contributed by atoms with E-state index in [1.807, 2.05) is 0 Å². The van der Waals surface area contributed by atoms with Crippen molar-refractivity contribution in [3.05, 3.63) is 63.6 Å². The number of carboxylic acids is 1. The number of amides is 1. The van der Waals surface area contributed by atoms with Crippen LogP contribution in [-0.4, -0.2) is 22.1 Å². The van der Waals surface area contributed by atoms with Crippen molar-refractivity contribution in [2.45, 2.75) is 0 Å². The van der Waals surface area contributed by atoms with E-state index in [0.717, 1.165) is 0 Å². The number of carbonyl (C=O) groups excluding carboxylic acids is 1. The molecule has 8 heteroatoms. The highest BCUT2D eigenvalue weighted by atomic mass is 35.5. The Hall–Kier alpha value is -2.15. The van der Waals surface area contributed by atoms with E-state index in [9.17, 15) is 9.59 Å². The van der Waals surface area contributed by atoms with E-state index in [2.05, 4.69) is 10.6 Å². The monoisotopic (exact) mass is 368 g/mol. The molecular formula is C15H10Cl2N2O3S. The quantitative estimate of drug-likeness (QED) is 0.717. The second-order valence-corrected chi connectivity index (χ2v) is 5.64. The minimum atomic E-state index is -1.17. The molecule has 5 nitrogen and oxygen atoms in total. The maximum Gasteiger partial charge on any atom is 0.337 e. The molecule has 0 heterocycles. The van der Waals surface area contributed by atoms with Gasteiger partial charge in [-0.1, -0.05) is 35.3 Å². The molecule has 23 heavy (non-hydrogen) atoms. The van der Waals surface area contributed by atoms with Gasteiger partial charge < -0.3 is 10.4 Å². The van der Waals surface area contributed by atoms with E-state index in [1.165, 1.54) is 18.2 Å². The maximum atomic E-state index is 12.1. The lowest BCUT2D eigenvalue weighted by Crippen LogP contribution is -2.34. The van der Waals surface area contributed by atoms with Gasteiger partial charge in [0.15, 0.2) is 5.11 Å². The number of aromatic carboxylic acids is 1.